The molecular weight excluding hydrogens is 435 g/mol. The van der Waals surface area contributed by atoms with Crippen molar-refractivity contribution < 1.29 is 13.9 Å². The Kier molecular flexibility index (Phi) is 6.67. The third-order valence-electron chi connectivity index (χ3n) is 4.78. The normalized spacial score (nSPS) is 12.4. The summed E-state index contributed by atoms with van der Waals surface area (Å²) >= 11 is 5.89. The molecule has 2 aromatic carbocycles. The molecule has 3 aromatic rings. The second-order valence-electron chi connectivity index (χ2n) is 7.03. The molecule has 0 saturated heterocycles. The number of fused-ring (bicyclic) bond motifs is 1. The fraction of sp³-hybridized carbons (Fsp3) is 0.227. The number of hydrazine groups is 1. The maximum atomic E-state index is 14.2. The van der Waals surface area contributed by atoms with Gasteiger partial charge in [-0.15, -0.1) is 0 Å². The lowest BCUT2D eigenvalue weighted by Gasteiger charge is -2.19. The Hall–Kier alpha value is -3.43. The van der Waals surface area contributed by atoms with Crippen molar-refractivity contribution in [1.82, 2.24) is 15.4 Å². The molecule has 0 saturated carbocycles. The summed E-state index contributed by atoms with van der Waals surface area (Å²) in [6.07, 6.45) is 1.41. The van der Waals surface area contributed by atoms with Gasteiger partial charge in [0, 0.05) is 29.5 Å². The Labute approximate surface area is 189 Å². The van der Waals surface area contributed by atoms with E-state index in [9.17, 15) is 9.18 Å². The first-order valence-corrected chi connectivity index (χ1v) is 10.5. The summed E-state index contributed by atoms with van der Waals surface area (Å²) in [5.74, 6) is -0.482. The minimum Gasteiger partial charge on any atom is -0.466 e. The van der Waals surface area contributed by atoms with E-state index in [1.165, 1.54) is 0 Å². The fourth-order valence-corrected chi connectivity index (χ4v) is 3.41. The van der Waals surface area contributed by atoms with Gasteiger partial charge in [0.2, 0.25) is 5.95 Å². The number of anilines is 5. The smallest absolute Gasteiger partial charge is 0.307 e. The van der Waals surface area contributed by atoms with E-state index in [4.69, 9.17) is 16.3 Å². The summed E-state index contributed by atoms with van der Waals surface area (Å²) in [5.41, 5.74) is 6.73. The second kappa shape index (κ2) is 9.80. The van der Waals surface area contributed by atoms with Gasteiger partial charge in [0.15, 0.2) is 11.6 Å². The molecule has 0 fully saturated rings. The van der Waals surface area contributed by atoms with Crippen molar-refractivity contribution in [1.29, 1.82) is 0 Å². The van der Waals surface area contributed by atoms with Gasteiger partial charge in [-0.25, -0.2) is 14.8 Å². The average molecular weight is 457 g/mol. The predicted molar refractivity (Wildman–Crippen MR) is 122 cm³/mol. The summed E-state index contributed by atoms with van der Waals surface area (Å²) < 4.78 is 19.2. The Morgan fingerprint density at radius 3 is 2.78 bits per heavy atom. The van der Waals surface area contributed by atoms with Gasteiger partial charge in [-0.2, -0.15) is 4.98 Å². The van der Waals surface area contributed by atoms with E-state index >= 15 is 0 Å². The highest BCUT2D eigenvalue weighted by atomic mass is 35.5. The number of hydrogen-bond acceptors (Lipinski definition) is 8. The van der Waals surface area contributed by atoms with Crippen LogP contribution in [0.25, 0.3) is 0 Å². The molecule has 4 rings (SSSR count). The molecule has 166 valence electrons. The van der Waals surface area contributed by atoms with Crippen LogP contribution in [0, 0.1) is 5.82 Å². The molecule has 1 aliphatic heterocycles. The third kappa shape index (κ3) is 5.24. The average Bonchev–Trinajstić information content (AvgIpc) is 3.18. The van der Waals surface area contributed by atoms with Crippen molar-refractivity contribution in [2.75, 3.05) is 28.8 Å². The van der Waals surface area contributed by atoms with Crippen LogP contribution in [-0.2, 0) is 16.1 Å². The first kappa shape index (κ1) is 21.8. The molecule has 1 aliphatic rings. The Balaban J connectivity index is 1.43. The molecule has 2 heterocycles. The number of esters is 1. The lowest BCUT2D eigenvalue weighted by Crippen LogP contribution is -2.34. The lowest BCUT2D eigenvalue weighted by atomic mass is 10.1. The molecule has 0 bridgehead atoms. The highest BCUT2D eigenvalue weighted by Gasteiger charge is 2.20. The number of benzene rings is 2. The van der Waals surface area contributed by atoms with Crippen molar-refractivity contribution in [2.45, 2.75) is 19.9 Å². The zero-order chi connectivity index (χ0) is 22.5. The van der Waals surface area contributed by atoms with Gasteiger partial charge in [-0.1, -0.05) is 11.6 Å². The highest BCUT2D eigenvalue weighted by Crippen LogP contribution is 2.29. The standard InChI is InChI=1S/C22H22ClFN6O2/c1-2-32-20(31)9-10-30-19-8-7-17(11-14(19)12-26-30)28-22-25-13-18(24)21(29-22)27-16-5-3-15(23)4-6-16/h3-8,11,13,26H,2,9-10,12H2,1H3,(H2,25,27,28,29). The van der Waals surface area contributed by atoms with Crippen LogP contribution in [0.3, 0.4) is 0 Å². The van der Waals surface area contributed by atoms with Crippen molar-refractivity contribution in [3.05, 3.63) is 65.1 Å². The number of halogens is 2. The molecule has 0 aliphatic carbocycles. The van der Waals surface area contributed by atoms with Crippen LogP contribution in [0.5, 0.6) is 0 Å². The van der Waals surface area contributed by atoms with Crippen LogP contribution in [0.15, 0.2) is 48.7 Å². The minimum absolute atomic E-state index is 0.0535. The largest absolute Gasteiger partial charge is 0.466 e. The van der Waals surface area contributed by atoms with Crippen LogP contribution in [0.1, 0.15) is 18.9 Å². The van der Waals surface area contributed by atoms with Crippen LogP contribution in [-0.4, -0.2) is 29.1 Å². The molecule has 0 amide bonds. The number of carbonyl (C=O) groups is 1. The summed E-state index contributed by atoms with van der Waals surface area (Å²) in [5, 5.41) is 8.55. The van der Waals surface area contributed by atoms with E-state index in [1.807, 2.05) is 23.2 Å². The number of nitrogens with one attached hydrogen (secondary N) is 3. The molecule has 1 aromatic heterocycles. The molecule has 0 atom stereocenters. The molecule has 32 heavy (non-hydrogen) atoms. The van der Waals surface area contributed by atoms with Crippen LogP contribution in [0.4, 0.5) is 33.2 Å². The topological polar surface area (TPSA) is 91.4 Å². The van der Waals surface area contributed by atoms with Gasteiger partial charge < -0.3 is 20.4 Å². The number of ether oxygens (including phenoxy) is 1. The highest BCUT2D eigenvalue weighted by molar-refractivity contribution is 6.30. The van der Waals surface area contributed by atoms with E-state index in [2.05, 4.69) is 26.0 Å². The van der Waals surface area contributed by atoms with Gasteiger partial charge in [0.1, 0.15) is 0 Å². The van der Waals surface area contributed by atoms with Gasteiger partial charge in [-0.05, 0) is 55.0 Å². The van der Waals surface area contributed by atoms with Crippen molar-refractivity contribution in [3.8, 4) is 0 Å². The van der Waals surface area contributed by atoms with E-state index < -0.39 is 5.82 Å². The molecular formula is C22H22ClFN6O2. The van der Waals surface area contributed by atoms with Crippen LogP contribution < -0.4 is 21.1 Å². The quantitative estimate of drug-likeness (QED) is 0.426. The Morgan fingerprint density at radius 2 is 2.00 bits per heavy atom. The predicted octanol–water partition coefficient (Wildman–Crippen LogP) is 4.53. The van der Waals surface area contributed by atoms with E-state index in [-0.39, 0.29) is 17.7 Å². The number of rotatable bonds is 8. The van der Waals surface area contributed by atoms with Crippen molar-refractivity contribution >= 4 is 46.4 Å². The zero-order valence-electron chi connectivity index (χ0n) is 17.4. The van der Waals surface area contributed by atoms with Gasteiger partial charge in [-0.3, -0.25) is 4.79 Å². The first-order valence-electron chi connectivity index (χ1n) is 10.1. The van der Waals surface area contributed by atoms with Crippen molar-refractivity contribution in [3.63, 3.8) is 0 Å². The zero-order valence-corrected chi connectivity index (χ0v) is 18.1. The second-order valence-corrected chi connectivity index (χ2v) is 7.47. The lowest BCUT2D eigenvalue weighted by molar-refractivity contribution is -0.142. The number of hydrogen-bond donors (Lipinski definition) is 3. The minimum atomic E-state index is -0.569. The van der Waals surface area contributed by atoms with Crippen LogP contribution >= 0.6 is 11.6 Å². The summed E-state index contributed by atoms with van der Waals surface area (Å²) in [6.45, 7) is 3.30. The Bertz CT molecular complexity index is 1110. The number of aromatic nitrogens is 2. The van der Waals surface area contributed by atoms with E-state index in [1.54, 1.807) is 31.2 Å². The van der Waals surface area contributed by atoms with Gasteiger partial charge in [0.05, 0.1) is 24.9 Å². The summed E-state index contributed by atoms with van der Waals surface area (Å²) in [4.78, 5) is 19.9. The number of nitrogens with zero attached hydrogens (tertiary/aromatic N) is 3. The van der Waals surface area contributed by atoms with Crippen LogP contribution in [0.2, 0.25) is 5.02 Å². The third-order valence-corrected chi connectivity index (χ3v) is 5.03. The maximum Gasteiger partial charge on any atom is 0.307 e. The summed E-state index contributed by atoms with van der Waals surface area (Å²) in [7, 11) is 0. The van der Waals surface area contributed by atoms with E-state index in [0.717, 1.165) is 23.1 Å². The molecule has 8 nitrogen and oxygen atoms in total. The molecule has 0 unspecified atom stereocenters. The molecule has 0 spiro atoms. The SMILES string of the molecule is CCOC(=O)CCN1NCc2cc(Nc3ncc(F)c(Nc4ccc(Cl)cc4)n3)ccc21. The summed E-state index contributed by atoms with van der Waals surface area (Å²) in [6, 6.07) is 12.7. The molecule has 10 heteroatoms. The molecule has 0 radical (unpaired) electrons. The first-order chi connectivity index (χ1) is 15.5. The molecule has 3 N–H and O–H groups in total. The van der Waals surface area contributed by atoms with Gasteiger partial charge >= 0.3 is 5.97 Å². The van der Waals surface area contributed by atoms with Gasteiger partial charge in [0.25, 0.3) is 0 Å². The van der Waals surface area contributed by atoms with Crippen molar-refractivity contribution in [2.24, 2.45) is 0 Å². The maximum absolute atomic E-state index is 14.2. The monoisotopic (exact) mass is 456 g/mol. The Morgan fingerprint density at radius 1 is 1.22 bits per heavy atom. The fourth-order valence-electron chi connectivity index (χ4n) is 3.28. The van der Waals surface area contributed by atoms with E-state index in [0.29, 0.717) is 36.8 Å². The number of carbonyl (C=O) groups excluding carboxylic acids is 1.